The van der Waals surface area contributed by atoms with Gasteiger partial charge in [0.05, 0.1) is 6.04 Å². The van der Waals surface area contributed by atoms with E-state index in [1.165, 1.54) is 24.3 Å². The normalized spacial score (nSPS) is 16.0. The predicted octanol–water partition coefficient (Wildman–Crippen LogP) is 6.70. The Morgan fingerprint density at radius 1 is 0.778 bits per heavy atom. The van der Waals surface area contributed by atoms with E-state index >= 15 is 0 Å². The first kappa shape index (κ1) is 23.0. The summed E-state index contributed by atoms with van der Waals surface area (Å²) in [6.07, 6.45) is -1.52. The number of rotatable bonds is 6. The Morgan fingerprint density at radius 2 is 1.42 bits per heavy atom. The highest BCUT2D eigenvalue weighted by Gasteiger charge is 2.50. The molecule has 8 nitrogen and oxygen atoms in total. The Bertz CT molecular complexity index is 1330. The minimum absolute atomic E-state index is 0.199. The molecule has 1 saturated carbocycles. The molecule has 0 unspecified atom stereocenters. The first-order valence-corrected chi connectivity index (χ1v) is 11.1. The van der Waals surface area contributed by atoms with Crippen LogP contribution in [0.5, 0.6) is 23.2 Å². The lowest BCUT2D eigenvalue weighted by Crippen LogP contribution is -2.39. The number of nitrogens with zero attached hydrogens (tertiary/aromatic N) is 1. The number of hydrogen-bond acceptors (Lipinski definition) is 7. The number of ether oxygens (including phenoxy) is 3. The van der Waals surface area contributed by atoms with Crippen LogP contribution in [-0.4, -0.2) is 23.4 Å². The number of benzene rings is 3. The monoisotopic (exact) mass is 489 g/mol. The third kappa shape index (κ3) is 5.64. The SMILES string of the molecule is O=C(Oc1ccccc1)ON(C(=O)Oc1ccccc1)[C@@H]1C[C@H]1c1ccc(Oc2ccc(F)cc2)o1. The fourth-order valence-corrected chi connectivity index (χ4v) is 3.51. The molecule has 1 heterocycles. The number of halogens is 1. The maximum absolute atomic E-state index is 13.1. The second kappa shape index (κ2) is 10.2. The molecule has 0 radical (unpaired) electrons. The molecule has 5 rings (SSSR count). The summed E-state index contributed by atoms with van der Waals surface area (Å²) < 4.78 is 35.0. The van der Waals surface area contributed by atoms with Crippen molar-refractivity contribution in [3.63, 3.8) is 0 Å². The molecule has 1 aliphatic carbocycles. The highest BCUT2D eigenvalue weighted by Crippen LogP contribution is 2.47. The van der Waals surface area contributed by atoms with Crippen LogP contribution in [0.15, 0.2) is 101 Å². The first-order chi connectivity index (χ1) is 17.5. The molecule has 3 aromatic carbocycles. The van der Waals surface area contributed by atoms with Crippen LogP contribution in [0.25, 0.3) is 0 Å². The average Bonchev–Trinajstić information content (AvgIpc) is 3.54. The smallest absolute Gasteiger partial charge is 0.430 e. The zero-order valence-electron chi connectivity index (χ0n) is 18.8. The molecule has 1 aromatic heterocycles. The molecular weight excluding hydrogens is 469 g/mol. The summed E-state index contributed by atoms with van der Waals surface area (Å²) in [7, 11) is 0. The molecular formula is C27H20FNO7. The summed E-state index contributed by atoms with van der Waals surface area (Å²) in [5.41, 5.74) is 0. The molecule has 1 amide bonds. The van der Waals surface area contributed by atoms with Gasteiger partial charge in [-0.25, -0.2) is 14.0 Å². The van der Waals surface area contributed by atoms with Crippen LogP contribution < -0.4 is 14.2 Å². The summed E-state index contributed by atoms with van der Waals surface area (Å²) in [4.78, 5) is 30.6. The van der Waals surface area contributed by atoms with Gasteiger partial charge in [0.1, 0.15) is 28.8 Å². The van der Waals surface area contributed by atoms with Crippen molar-refractivity contribution in [2.24, 2.45) is 0 Å². The maximum Gasteiger partial charge on any atom is 0.539 e. The molecule has 0 saturated heterocycles. The molecule has 1 fully saturated rings. The van der Waals surface area contributed by atoms with Crippen LogP contribution in [0.2, 0.25) is 0 Å². The van der Waals surface area contributed by atoms with Crippen LogP contribution in [0.1, 0.15) is 18.1 Å². The Hall–Kier alpha value is -4.79. The van der Waals surface area contributed by atoms with Gasteiger partial charge in [0.15, 0.2) is 0 Å². The highest BCUT2D eigenvalue weighted by atomic mass is 19.1. The topological polar surface area (TPSA) is 87.4 Å². The van der Waals surface area contributed by atoms with Gasteiger partial charge in [0, 0.05) is 12.0 Å². The van der Waals surface area contributed by atoms with Crippen molar-refractivity contribution in [2.45, 2.75) is 18.4 Å². The first-order valence-electron chi connectivity index (χ1n) is 11.1. The molecule has 9 heteroatoms. The van der Waals surface area contributed by atoms with E-state index in [1.54, 1.807) is 72.8 Å². The van der Waals surface area contributed by atoms with Gasteiger partial charge in [-0.1, -0.05) is 36.4 Å². The Labute approximate surface area is 205 Å². The summed E-state index contributed by atoms with van der Waals surface area (Å²) in [6.45, 7) is 0. The number of hydrogen-bond donors (Lipinski definition) is 0. The van der Waals surface area contributed by atoms with Crippen molar-refractivity contribution < 1.29 is 37.4 Å². The van der Waals surface area contributed by atoms with Crippen molar-refractivity contribution in [1.82, 2.24) is 5.06 Å². The van der Waals surface area contributed by atoms with E-state index < -0.39 is 18.3 Å². The minimum Gasteiger partial charge on any atom is -0.430 e. The molecule has 0 aliphatic heterocycles. The summed E-state index contributed by atoms with van der Waals surface area (Å²) in [5.74, 6) is 1.03. The molecule has 2 atom stereocenters. The second-order valence-corrected chi connectivity index (χ2v) is 7.89. The minimum atomic E-state index is -1.09. The van der Waals surface area contributed by atoms with E-state index in [-0.39, 0.29) is 29.2 Å². The number of furan rings is 1. The van der Waals surface area contributed by atoms with E-state index in [0.717, 1.165) is 5.06 Å². The van der Waals surface area contributed by atoms with Gasteiger partial charge >= 0.3 is 12.2 Å². The molecule has 0 bridgehead atoms. The Kier molecular flexibility index (Phi) is 6.53. The number of amides is 1. The number of para-hydroxylation sites is 2. The standard InChI is InChI=1S/C27H20FNO7/c28-18-11-13-21(14-12-18)32-25-16-15-24(35-25)22-17-23(22)29(26(30)33-19-7-3-1-4-8-19)36-27(31)34-20-9-5-2-6-10-20/h1-16,22-23H,17H2/t22-,23-/m1/s1. The molecule has 36 heavy (non-hydrogen) atoms. The summed E-state index contributed by atoms with van der Waals surface area (Å²) >= 11 is 0. The molecule has 0 N–H and O–H groups in total. The number of carbonyl (C=O) groups excluding carboxylic acids is 2. The fraction of sp³-hybridized carbons (Fsp3) is 0.111. The van der Waals surface area contributed by atoms with Gasteiger partial charge in [0.25, 0.3) is 5.95 Å². The second-order valence-electron chi connectivity index (χ2n) is 7.89. The van der Waals surface area contributed by atoms with E-state index in [4.69, 9.17) is 23.5 Å². The van der Waals surface area contributed by atoms with Gasteiger partial charge in [-0.15, -0.1) is 5.06 Å². The van der Waals surface area contributed by atoms with Crippen LogP contribution >= 0.6 is 0 Å². The fourth-order valence-electron chi connectivity index (χ4n) is 3.51. The van der Waals surface area contributed by atoms with Gasteiger partial charge in [-0.2, -0.15) is 0 Å². The molecule has 4 aromatic rings. The summed E-state index contributed by atoms with van der Waals surface area (Å²) in [5, 5.41) is 0.853. The van der Waals surface area contributed by atoms with Crippen molar-refractivity contribution in [2.75, 3.05) is 0 Å². The average molecular weight is 489 g/mol. The van der Waals surface area contributed by atoms with E-state index in [2.05, 4.69) is 0 Å². The van der Waals surface area contributed by atoms with Gasteiger partial charge in [0.2, 0.25) is 0 Å². The van der Waals surface area contributed by atoms with Crippen molar-refractivity contribution in [3.8, 4) is 23.2 Å². The lowest BCUT2D eigenvalue weighted by atomic mass is 10.3. The van der Waals surface area contributed by atoms with Crippen molar-refractivity contribution in [1.29, 1.82) is 0 Å². The van der Waals surface area contributed by atoms with Crippen molar-refractivity contribution in [3.05, 3.63) is 109 Å². The van der Waals surface area contributed by atoms with Crippen LogP contribution in [0.3, 0.4) is 0 Å². The molecule has 0 spiro atoms. The summed E-state index contributed by atoms with van der Waals surface area (Å²) in [6, 6.07) is 25.0. The highest BCUT2D eigenvalue weighted by molar-refractivity contribution is 5.73. The zero-order chi connectivity index (χ0) is 24.9. The largest absolute Gasteiger partial charge is 0.539 e. The van der Waals surface area contributed by atoms with E-state index in [0.29, 0.717) is 17.9 Å². The maximum atomic E-state index is 13.1. The lowest BCUT2D eigenvalue weighted by Gasteiger charge is -2.20. The third-order valence-electron chi connectivity index (χ3n) is 5.30. The van der Waals surface area contributed by atoms with Crippen LogP contribution in [0, 0.1) is 5.82 Å². The van der Waals surface area contributed by atoms with Crippen LogP contribution in [-0.2, 0) is 4.84 Å². The quantitative estimate of drug-likeness (QED) is 0.169. The third-order valence-corrected chi connectivity index (χ3v) is 5.30. The van der Waals surface area contributed by atoms with Crippen LogP contribution in [0.4, 0.5) is 14.0 Å². The van der Waals surface area contributed by atoms with E-state index in [1.807, 2.05) is 0 Å². The Morgan fingerprint density at radius 3 is 2.08 bits per heavy atom. The van der Waals surface area contributed by atoms with Crippen molar-refractivity contribution >= 4 is 12.2 Å². The lowest BCUT2D eigenvalue weighted by molar-refractivity contribution is -0.0968. The van der Waals surface area contributed by atoms with Gasteiger partial charge in [-0.05, 0) is 61.0 Å². The van der Waals surface area contributed by atoms with Gasteiger partial charge < -0.3 is 18.6 Å². The zero-order valence-corrected chi connectivity index (χ0v) is 18.8. The molecule has 182 valence electrons. The Balaban J connectivity index is 1.28. The van der Waals surface area contributed by atoms with E-state index in [9.17, 15) is 14.0 Å². The number of carbonyl (C=O) groups is 2. The predicted molar refractivity (Wildman–Crippen MR) is 124 cm³/mol. The molecule has 1 aliphatic rings. The van der Waals surface area contributed by atoms with Gasteiger partial charge in [-0.3, -0.25) is 4.84 Å². The number of hydroxylamine groups is 2.